The molecule has 0 saturated heterocycles. The number of aryl methyl sites for hydroxylation is 2. The number of fused-ring (bicyclic) bond motifs is 14. The fourth-order valence-corrected chi connectivity index (χ4v) is 10.2. The van der Waals surface area contributed by atoms with Crippen LogP contribution in [0.4, 0.5) is 0 Å². The monoisotopic (exact) mass is 697 g/mol. The average molecular weight is 698 g/mol. The Balaban J connectivity index is 1.22. The lowest BCUT2D eigenvalue weighted by molar-refractivity contribution is 0.760. The third-order valence-electron chi connectivity index (χ3n) is 12.7. The van der Waals surface area contributed by atoms with Crippen LogP contribution >= 0.6 is 0 Å². The molecule has 0 radical (unpaired) electrons. The lowest BCUT2D eigenvalue weighted by Gasteiger charge is -2.30. The molecule has 2 aliphatic carbocycles. The van der Waals surface area contributed by atoms with Gasteiger partial charge in [-0.1, -0.05) is 140 Å². The minimum atomic E-state index is -0.595. The summed E-state index contributed by atoms with van der Waals surface area (Å²) in [5, 5.41) is 10.1. The molecular formula is C54H35N. The lowest BCUT2D eigenvalue weighted by Crippen LogP contribution is -2.27. The molecule has 55 heavy (non-hydrogen) atoms. The van der Waals surface area contributed by atoms with Crippen molar-refractivity contribution in [3.63, 3.8) is 0 Å². The second-order valence-corrected chi connectivity index (χ2v) is 15.5. The van der Waals surface area contributed by atoms with Crippen molar-refractivity contribution in [3.05, 3.63) is 210 Å². The van der Waals surface area contributed by atoms with E-state index < -0.39 is 5.41 Å². The van der Waals surface area contributed by atoms with Crippen LogP contribution in [0, 0.1) is 13.8 Å². The first-order valence-corrected chi connectivity index (χ1v) is 19.3. The van der Waals surface area contributed by atoms with Crippen molar-refractivity contribution in [2.45, 2.75) is 19.3 Å². The fourth-order valence-electron chi connectivity index (χ4n) is 10.2. The van der Waals surface area contributed by atoms with Crippen molar-refractivity contribution in [1.29, 1.82) is 0 Å². The van der Waals surface area contributed by atoms with Gasteiger partial charge >= 0.3 is 0 Å². The minimum absolute atomic E-state index is 0.595. The largest absolute Gasteiger partial charge is 0.259 e. The topological polar surface area (TPSA) is 12.9 Å². The molecule has 0 aliphatic heterocycles. The van der Waals surface area contributed by atoms with Gasteiger partial charge in [-0.05, 0) is 154 Å². The molecule has 0 bridgehead atoms. The highest BCUT2D eigenvalue weighted by molar-refractivity contribution is 6.15. The highest BCUT2D eigenvalue weighted by atomic mass is 14.7. The lowest BCUT2D eigenvalue weighted by atomic mass is 9.71. The molecule has 256 valence electrons. The number of hydrogen-bond acceptors (Lipinski definition) is 1. The van der Waals surface area contributed by atoms with Crippen molar-refractivity contribution < 1.29 is 0 Å². The third-order valence-corrected chi connectivity index (χ3v) is 12.7. The molecule has 0 atom stereocenters. The zero-order valence-corrected chi connectivity index (χ0v) is 30.7. The van der Waals surface area contributed by atoms with Crippen LogP contribution in [0.5, 0.6) is 0 Å². The molecule has 0 amide bonds. The van der Waals surface area contributed by atoms with E-state index in [0.29, 0.717) is 0 Å². The van der Waals surface area contributed by atoms with Crippen molar-refractivity contribution in [2.24, 2.45) is 0 Å². The predicted molar refractivity (Wildman–Crippen MR) is 231 cm³/mol. The second-order valence-electron chi connectivity index (χ2n) is 15.5. The summed E-state index contributed by atoms with van der Waals surface area (Å²) in [5.74, 6) is 0. The Labute approximate surface area is 320 Å². The van der Waals surface area contributed by atoms with Crippen molar-refractivity contribution in [3.8, 4) is 44.5 Å². The summed E-state index contributed by atoms with van der Waals surface area (Å²) in [5.41, 5.74) is 17.1. The summed E-state index contributed by atoms with van der Waals surface area (Å²) in [6.07, 6.45) is 1.99. The summed E-state index contributed by atoms with van der Waals surface area (Å²) in [7, 11) is 0. The van der Waals surface area contributed by atoms with Gasteiger partial charge in [0.05, 0.1) is 11.1 Å². The van der Waals surface area contributed by atoms with E-state index in [0.717, 1.165) is 5.69 Å². The molecule has 9 aromatic carbocycles. The van der Waals surface area contributed by atoms with Crippen LogP contribution < -0.4 is 0 Å². The van der Waals surface area contributed by atoms with E-state index in [1.807, 2.05) is 6.20 Å². The standard InChI is InChI=1S/C54H35N/c1-32-26-47-46-20-11-25-55-53(46)54(48(47)27-33(32)2)49-30-38(51-40-16-7-3-12-34(40)28-35-13-4-8-17-41(35)51)21-23-44(49)45-24-22-39(31-50(45)54)52-42-18-9-5-14-36(42)29-37-15-6-10-19-43(37)52/h3-31H,1-2H3. The van der Waals surface area contributed by atoms with E-state index >= 15 is 0 Å². The Morgan fingerprint density at radius 3 is 1.29 bits per heavy atom. The fraction of sp³-hybridized carbons (Fsp3) is 0.0556. The molecular weight excluding hydrogens is 663 g/mol. The first kappa shape index (κ1) is 30.6. The Morgan fingerprint density at radius 1 is 0.364 bits per heavy atom. The van der Waals surface area contributed by atoms with Crippen LogP contribution in [0.15, 0.2) is 176 Å². The van der Waals surface area contributed by atoms with Gasteiger partial charge in [-0.3, -0.25) is 4.98 Å². The van der Waals surface area contributed by atoms with E-state index in [1.165, 1.54) is 115 Å². The molecule has 1 aromatic heterocycles. The molecule has 1 heterocycles. The van der Waals surface area contributed by atoms with Gasteiger partial charge in [0.15, 0.2) is 0 Å². The molecule has 0 saturated carbocycles. The van der Waals surface area contributed by atoms with Gasteiger partial charge in [0.25, 0.3) is 0 Å². The van der Waals surface area contributed by atoms with Crippen LogP contribution in [-0.4, -0.2) is 4.98 Å². The van der Waals surface area contributed by atoms with Crippen LogP contribution in [0.1, 0.15) is 33.5 Å². The minimum Gasteiger partial charge on any atom is -0.259 e. The quantitative estimate of drug-likeness (QED) is 0.164. The summed E-state index contributed by atoms with van der Waals surface area (Å²) in [6, 6.07) is 63.8. The maximum atomic E-state index is 5.37. The Morgan fingerprint density at radius 2 is 0.800 bits per heavy atom. The molecule has 1 heteroatoms. The number of hydrogen-bond donors (Lipinski definition) is 0. The highest BCUT2D eigenvalue weighted by Gasteiger charge is 2.53. The number of pyridine rings is 1. The Bertz CT molecular complexity index is 3020. The maximum Gasteiger partial charge on any atom is 0.0898 e. The van der Waals surface area contributed by atoms with Crippen molar-refractivity contribution in [2.75, 3.05) is 0 Å². The number of rotatable bonds is 2. The van der Waals surface area contributed by atoms with Crippen molar-refractivity contribution >= 4 is 43.1 Å². The molecule has 0 N–H and O–H groups in total. The van der Waals surface area contributed by atoms with Gasteiger partial charge in [0, 0.05) is 11.8 Å². The van der Waals surface area contributed by atoms with Gasteiger partial charge in [0.1, 0.15) is 0 Å². The van der Waals surface area contributed by atoms with E-state index in [2.05, 4.69) is 184 Å². The zero-order valence-electron chi connectivity index (χ0n) is 30.7. The molecule has 0 unspecified atom stereocenters. The van der Waals surface area contributed by atoms with Gasteiger partial charge in [-0.2, -0.15) is 0 Å². The third kappa shape index (κ3) is 4.05. The molecule has 10 aromatic rings. The first-order valence-electron chi connectivity index (χ1n) is 19.3. The second kappa shape index (κ2) is 11.1. The molecule has 1 spiro atoms. The molecule has 2 aliphatic rings. The predicted octanol–water partition coefficient (Wildman–Crippen LogP) is 14.0. The van der Waals surface area contributed by atoms with Crippen LogP contribution in [-0.2, 0) is 5.41 Å². The number of aromatic nitrogens is 1. The summed E-state index contributed by atoms with van der Waals surface area (Å²) in [6.45, 7) is 4.49. The van der Waals surface area contributed by atoms with E-state index in [4.69, 9.17) is 4.98 Å². The number of benzene rings is 9. The summed E-state index contributed by atoms with van der Waals surface area (Å²) < 4.78 is 0. The SMILES string of the molecule is Cc1cc2c(cc1C)C1(c3cc(-c4c5ccccc5cc5ccccc45)ccc3-c3ccc(-c4c5ccccc5cc5ccccc45)cc31)c1ncccc1-2. The Hall–Kier alpha value is -6.83. The number of nitrogens with zero attached hydrogens (tertiary/aromatic N) is 1. The zero-order chi connectivity index (χ0) is 36.4. The Kier molecular flexibility index (Phi) is 6.18. The van der Waals surface area contributed by atoms with Gasteiger partial charge in [0.2, 0.25) is 0 Å². The molecule has 1 nitrogen and oxygen atoms in total. The van der Waals surface area contributed by atoms with Crippen molar-refractivity contribution in [1.82, 2.24) is 4.98 Å². The highest BCUT2D eigenvalue weighted by Crippen LogP contribution is 2.63. The average Bonchev–Trinajstić information content (AvgIpc) is 3.67. The van der Waals surface area contributed by atoms with Gasteiger partial charge < -0.3 is 0 Å². The first-order chi connectivity index (χ1) is 27.1. The van der Waals surface area contributed by atoms with E-state index in [1.54, 1.807) is 0 Å². The van der Waals surface area contributed by atoms with Gasteiger partial charge in [-0.25, -0.2) is 0 Å². The van der Waals surface area contributed by atoms with E-state index in [-0.39, 0.29) is 0 Å². The van der Waals surface area contributed by atoms with Crippen LogP contribution in [0.3, 0.4) is 0 Å². The molecule has 12 rings (SSSR count). The van der Waals surface area contributed by atoms with E-state index in [9.17, 15) is 0 Å². The smallest absolute Gasteiger partial charge is 0.0898 e. The van der Waals surface area contributed by atoms with Crippen LogP contribution in [0.25, 0.3) is 87.6 Å². The van der Waals surface area contributed by atoms with Gasteiger partial charge in [-0.15, -0.1) is 0 Å². The normalized spacial score (nSPS) is 13.4. The summed E-state index contributed by atoms with van der Waals surface area (Å²) in [4.78, 5) is 5.37. The van der Waals surface area contributed by atoms with Crippen LogP contribution in [0.2, 0.25) is 0 Å². The summed E-state index contributed by atoms with van der Waals surface area (Å²) >= 11 is 0. The maximum absolute atomic E-state index is 5.37. The molecule has 0 fully saturated rings.